The van der Waals surface area contributed by atoms with Crippen LogP contribution in [0.5, 0.6) is 0 Å². The molecule has 2 aromatic heterocycles. The Bertz CT molecular complexity index is 2720. The van der Waals surface area contributed by atoms with E-state index in [0.29, 0.717) is 0 Å². The molecule has 7 aromatic carbocycles. The van der Waals surface area contributed by atoms with Gasteiger partial charge in [-0.1, -0.05) is 129 Å². The van der Waals surface area contributed by atoms with Crippen molar-refractivity contribution in [3.63, 3.8) is 0 Å². The summed E-state index contributed by atoms with van der Waals surface area (Å²) in [6.07, 6.45) is 2.36. The largest absolute Gasteiger partial charge is 0.317 e. The van der Waals surface area contributed by atoms with Gasteiger partial charge < -0.3 is 14.0 Å². The average molecular weight is 668 g/mol. The Balaban J connectivity index is 1.03. The minimum atomic E-state index is -0.204. The molecule has 0 radical (unpaired) electrons. The second-order valence-electron chi connectivity index (χ2n) is 14.3. The highest BCUT2D eigenvalue weighted by Gasteiger charge is 2.40. The van der Waals surface area contributed by atoms with E-state index in [0.717, 1.165) is 17.1 Å². The molecule has 3 nitrogen and oxygen atoms in total. The first-order valence-corrected chi connectivity index (χ1v) is 18.0. The average Bonchev–Trinajstić information content (AvgIpc) is 3.81. The number of nitrogens with zero attached hydrogens (tertiary/aromatic N) is 3. The second kappa shape index (κ2) is 11.8. The van der Waals surface area contributed by atoms with E-state index in [-0.39, 0.29) is 5.41 Å². The van der Waals surface area contributed by atoms with Crippen molar-refractivity contribution in [1.82, 2.24) is 9.13 Å². The van der Waals surface area contributed by atoms with Crippen molar-refractivity contribution < 1.29 is 0 Å². The van der Waals surface area contributed by atoms with Crippen LogP contribution in [-0.4, -0.2) is 9.13 Å². The van der Waals surface area contributed by atoms with Crippen LogP contribution in [0.1, 0.15) is 25.1 Å². The Morgan fingerprint density at radius 1 is 0.462 bits per heavy atom. The van der Waals surface area contributed by atoms with Crippen molar-refractivity contribution in [3.05, 3.63) is 199 Å². The summed E-state index contributed by atoms with van der Waals surface area (Å²) in [5.74, 6) is 0. The van der Waals surface area contributed by atoms with E-state index in [4.69, 9.17) is 0 Å². The topological polar surface area (TPSA) is 13.1 Å². The van der Waals surface area contributed by atoms with E-state index in [9.17, 15) is 0 Å². The van der Waals surface area contributed by atoms with Gasteiger partial charge in [-0.3, -0.25) is 0 Å². The summed E-state index contributed by atoms with van der Waals surface area (Å²) in [7, 11) is 0. The summed E-state index contributed by atoms with van der Waals surface area (Å²) in [5.41, 5.74) is 15.7. The van der Waals surface area contributed by atoms with Gasteiger partial charge >= 0.3 is 0 Å². The van der Waals surface area contributed by atoms with Crippen LogP contribution in [0.15, 0.2) is 188 Å². The molecule has 0 bridgehead atoms. The highest BCUT2D eigenvalue weighted by Crippen LogP contribution is 2.50. The van der Waals surface area contributed by atoms with E-state index < -0.39 is 0 Å². The van der Waals surface area contributed by atoms with Crippen molar-refractivity contribution in [2.75, 3.05) is 4.90 Å². The molecule has 9 aromatic rings. The van der Waals surface area contributed by atoms with Crippen molar-refractivity contribution in [2.24, 2.45) is 0 Å². The summed E-state index contributed by atoms with van der Waals surface area (Å²) in [5, 5.41) is 2.58. The summed E-state index contributed by atoms with van der Waals surface area (Å²) < 4.78 is 4.90. The van der Waals surface area contributed by atoms with Gasteiger partial charge in [0.15, 0.2) is 0 Å². The molecular formula is C49H37N3. The Morgan fingerprint density at radius 2 is 0.981 bits per heavy atom. The lowest BCUT2D eigenvalue weighted by Gasteiger charge is -2.26. The SMILES string of the molecule is CC1(C)c2cc(-c3ccc(N(c4ccccc4)c4ccc(-c5ccccc5)cc4)cc3)ccc2-n2cc3c4ccccc4n(-c4ccccc4)c3c21. The maximum Gasteiger partial charge on any atom is 0.0763 e. The number of benzene rings is 7. The molecule has 248 valence electrons. The van der Waals surface area contributed by atoms with Crippen LogP contribution in [0.2, 0.25) is 0 Å². The summed E-state index contributed by atoms with van der Waals surface area (Å²) in [6.45, 7) is 4.76. The summed E-state index contributed by atoms with van der Waals surface area (Å²) >= 11 is 0. The predicted molar refractivity (Wildman–Crippen MR) is 218 cm³/mol. The van der Waals surface area contributed by atoms with Crippen molar-refractivity contribution in [1.29, 1.82) is 0 Å². The first kappa shape index (κ1) is 30.3. The van der Waals surface area contributed by atoms with E-state index in [1.165, 1.54) is 66.7 Å². The fraction of sp³-hybridized carbons (Fsp3) is 0.0612. The first-order chi connectivity index (χ1) is 25.6. The molecule has 1 aliphatic rings. The molecule has 0 amide bonds. The number of hydrogen-bond donors (Lipinski definition) is 0. The first-order valence-electron chi connectivity index (χ1n) is 18.0. The van der Waals surface area contributed by atoms with Crippen molar-refractivity contribution >= 4 is 38.9 Å². The third-order valence-corrected chi connectivity index (χ3v) is 10.9. The molecule has 0 spiro atoms. The van der Waals surface area contributed by atoms with Gasteiger partial charge in [0.25, 0.3) is 0 Å². The summed E-state index contributed by atoms with van der Waals surface area (Å²) in [6, 6.07) is 65.6. The molecule has 52 heavy (non-hydrogen) atoms. The van der Waals surface area contributed by atoms with Crippen LogP contribution in [0, 0.1) is 0 Å². The minimum Gasteiger partial charge on any atom is -0.317 e. The van der Waals surface area contributed by atoms with Crippen LogP contribution in [0.4, 0.5) is 17.1 Å². The van der Waals surface area contributed by atoms with Gasteiger partial charge in [0, 0.05) is 50.8 Å². The van der Waals surface area contributed by atoms with Gasteiger partial charge in [0.1, 0.15) is 0 Å². The molecule has 10 rings (SSSR count). The number of fused-ring (bicyclic) bond motifs is 7. The van der Waals surface area contributed by atoms with Crippen molar-refractivity contribution in [2.45, 2.75) is 19.3 Å². The Hall–Kier alpha value is -6.58. The number of hydrogen-bond acceptors (Lipinski definition) is 1. The number of anilines is 3. The maximum atomic E-state index is 2.46. The van der Waals surface area contributed by atoms with Gasteiger partial charge in [-0.25, -0.2) is 0 Å². The highest BCUT2D eigenvalue weighted by molar-refractivity contribution is 6.11. The normalized spacial score (nSPS) is 13.0. The molecule has 0 saturated heterocycles. The van der Waals surface area contributed by atoms with Crippen molar-refractivity contribution in [3.8, 4) is 33.6 Å². The lowest BCUT2D eigenvalue weighted by Crippen LogP contribution is -2.17. The molecule has 3 heterocycles. The molecule has 0 unspecified atom stereocenters. The van der Waals surface area contributed by atoms with Crippen LogP contribution in [0.25, 0.3) is 55.4 Å². The molecule has 0 saturated carbocycles. The van der Waals surface area contributed by atoms with E-state index in [2.05, 4.69) is 216 Å². The number of aromatic nitrogens is 2. The highest BCUT2D eigenvalue weighted by atomic mass is 15.1. The lowest BCUT2D eigenvalue weighted by molar-refractivity contribution is 0.646. The molecule has 0 aliphatic carbocycles. The Labute approximate surface area is 304 Å². The standard InChI is InChI=1S/C49H37N3/c1-49(2)44-32-37(26-31-46(44)50-33-43-42-20-12-13-21-45(42)52(47(43)48(49)50)39-18-10-5-11-19-39)36-24-29-41(30-25-36)51(38-16-8-4-9-17-38)40-27-22-35(23-28-40)34-14-6-3-7-15-34/h3-33H,1-2H3. The molecule has 1 aliphatic heterocycles. The van der Waals surface area contributed by atoms with Gasteiger partial charge in [0.05, 0.1) is 16.7 Å². The smallest absolute Gasteiger partial charge is 0.0763 e. The zero-order valence-corrected chi connectivity index (χ0v) is 29.2. The van der Waals surface area contributed by atoms with Gasteiger partial charge in [-0.15, -0.1) is 0 Å². The van der Waals surface area contributed by atoms with Crippen LogP contribution >= 0.6 is 0 Å². The fourth-order valence-corrected chi connectivity index (χ4v) is 8.38. The van der Waals surface area contributed by atoms with E-state index >= 15 is 0 Å². The third kappa shape index (κ3) is 4.66. The van der Waals surface area contributed by atoms with Crippen LogP contribution in [0.3, 0.4) is 0 Å². The molecule has 0 atom stereocenters. The van der Waals surface area contributed by atoms with Gasteiger partial charge in [0.2, 0.25) is 0 Å². The molecular weight excluding hydrogens is 631 g/mol. The Kier molecular flexibility index (Phi) is 6.84. The monoisotopic (exact) mass is 667 g/mol. The quantitative estimate of drug-likeness (QED) is 0.172. The zero-order valence-electron chi connectivity index (χ0n) is 29.2. The van der Waals surface area contributed by atoms with Gasteiger partial charge in [-0.05, 0) is 94.5 Å². The second-order valence-corrected chi connectivity index (χ2v) is 14.3. The maximum absolute atomic E-state index is 2.46. The lowest BCUT2D eigenvalue weighted by atomic mass is 9.81. The molecule has 3 heteroatoms. The molecule has 0 N–H and O–H groups in total. The Morgan fingerprint density at radius 3 is 1.65 bits per heavy atom. The van der Waals surface area contributed by atoms with E-state index in [1.807, 2.05) is 0 Å². The predicted octanol–water partition coefficient (Wildman–Crippen LogP) is 13.0. The minimum absolute atomic E-state index is 0.204. The van der Waals surface area contributed by atoms with Crippen LogP contribution < -0.4 is 4.90 Å². The zero-order chi connectivity index (χ0) is 34.8. The number of para-hydroxylation sites is 3. The summed E-state index contributed by atoms with van der Waals surface area (Å²) in [4.78, 5) is 2.33. The number of rotatable bonds is 6. The van der Waals surface area contributed by atoms with Crippen LogP contribution in [-0.2, 0) is 5.41 Å². The van der Waals surface area contributed by atoms with Gasteiger partial charge in [-0.2, -0.15) is 0 Å². The third-order valence-electron chi connectivity index (χ3n) is 10.9. The molecule has 0 fully saturated rings. The fourth-order valence-electron chi connectivity index (χ4n) is 8.38. The van der Waals surface area contributed by atoms with E-state index in [1.54, 1.807) is 0 Å².